The van der Waals surface area contributed by atoms with E-state index < -0.39 is 0 Å². The van der Waals surface area contributed by atoms with Crippen molar-refractivity contribution >= 4 is 5.91 Å². The Balaban J connectivity index is 1.64. The van der Waals surface area contributed by atoms with Crippen LogP contribution in [0.5, 0.6) is 0 Å². The van der Waals surface area contributed by atoms with Crippen molar-refractivity contribution < 1.29 is 13.9 Å². The Morgan fingerprint density at radius 3 is 3.00 bits per heavy atom. The summed E-state index contributed by atoms with van der Waals surface area (Å²) in [5.74, 6) is -0.477. The fourth-order valence-corrected chi connectivity index (χ4v) is 2.63. The monoisotopic (exact) mass is 264 g/mol. The Morgan fingerprint density at radius 2 is 2.26 bits per heavy atom. The first-order valence-corrected chi connectivity index (χ1v) is 6.53. The normalized spacial score (nSPS) is 24.8. The van der Waals surface area contributed by atoms with Gasteiger partial charge in [-0.3, -0.25) is 4.79 Å². The SMILES string of the molecule is CO[C@H]1C[C@@H](NCc2cc(F)c3c(c2)C(=O)NC3)C1. The molecule has 3 rings (SSSR count). The van der Waals surface area contributed by atoms with E-state index in [0.717, 1.165) is 18.4 Å². The minimum absolute atomic E-state index is 0.182. The maximum atomic E-state index is 13.8. The number of hydrogen-bond donors (Lipinski definition) is 2. The van der Waals surface area contributed by atoms with E-state index in [1.807, 2.05) is 0 Å². The molecule has 0 radical (unpaired) electrons. The van der Waals surface area contributed by atoms with Crippen LogP contribution >= 0.6 is 0 Å². The molecular weight excluding hydrogens is 247 g/mol. The highest BCUT2D eigenvalue weighted by atomic mass is 19.1. The third kappa shape index (κ3) is 2.35. The average molecular weight is 264 g/mol. The molecule has 2 N–H and O–H groups in total. The van der Waals surface area contributed by atoms with Crippen molar-refractivity contribution in [3.8, 4) is 0 Å². The second kappa shape index (κ2) is 4.90. The molecule has 0 unspecified atom stereocenters. The zero-order chi connectivity index (χ0) is 13.4. The molecule has 0 atom stereocenters. The molecule has 1 heterocycles. The van der Waals surface area contributed by atoms with E-state index in [9.17, 15) is 9.18 Å². The summed E-state index contributed by atoms with van der Waals surface area (Å²) in [6.45, 7) is 0.879. The van der Waals surface area contributed by atoms with Gasteiger partial charge >= 0.3 is 0 Å². The summed E-state index contributed by atoms with van der Waals surface area (Å²) in [5, 5.41) is 5.99. The highest BCUT2D eigenvalue weighted by Gasteiger charge is 2.28. The predicted molar refractivity (Wildman–Crippen MR) is 68.2 cm³/mol. The molecule has 1 fully saturated rings. The first-order valence-electron chi connectivity index (χ1n) is 6.53. The predicted octanol–water partition coefficient (Wildman–Crippen LogP) is 1.34. The quantitative estimate of drug-likeness (QED) is 0.862. The van der Waals surface area contributed by atoms with Gasteiger partial charge in [-0.2, -0.15) is 0 Å². The Labute approximate surface area is 111 Å². The highest BCUT2D eigenvalue weighted by molar-refractivity contribution is 5.98. The van der Waals surface area contributed by atoms with Gasteiger partial charge in [-0.05, 0) is 30.5 Å². The van der Waals surface area contributed by atoms with Gasteiger partial charge in [0, 0.05) is 37.4 Å². The van der Waals surface area contributed by atoms with Gasteiger partial charge in [0.2, 0.25) is 0 Å². The maximum absolute atomic E-state index is 13.8. The number of carbonyl (C=O) groups excluding carboxylic acids is 1. The van der Waals surface area contributed by atoms with E-state index in [4.69, 9.17) is 4.74 Å². The van der Waals surface area contributed by atoms with Crippen LogP contribution in [-0.4, -0.2) is 25.2 Å². The van der Waals surface area contributed by atoms with Gasteiger partial charge in [-0.1, -0.05) is 0 Å². The Kier molecular flexibility index (Phi) is 3.24. The zero-order valence-corrected chi connectivity index (χ0v) is 10.8. The zero-order valence-electron chi connectivity index (χ0n) is 10.8. The second-order valence-corrected chi connectivity index (χ2v) is 5.19. The number of halogens is 1. The molecule has 102 valence electrons. The number of hydrogen-bond acceptors (Lipinski definition) is 3. The van der Waals surface area contributed by atoms with Gasteiger partial charge in [0.1, 0.15) is 5.82 Å². The summed E-state index contributed by atoms with van der Waals surface area (Å²) in [6, 6.07) is 3.72. The summed E-state index contributed by atoms with van der Waals surface area (Å²) in [6.07, 6.45) is 2.33. The van der Waals surface area contributed by atoms with Crippen molar-refractivity contribution in [1.29, 1.82) is 0 Å². The molecule has 1 aromatic carbocycles. The van der Waals surface area contributed by atoms with Crippen molar-refractivity contribution in [2.24, 2.45) is 0 Å². The van der Waals surface area contributed by atoms with Crippen LogP contribution in [-0.2, 0) is 17.8 Å². The number of ether oxygens (including phenoxy) is 1. The van der Waals surface area contributed by atoms with Crippen LogP contribution in [0.2, 0.25) is 0 Å². The molecule has 0 aromatic heterocycles. The first kappa shape index (κ1) is 12.6. The van der Waals surface area contributed by atoms with Crippen molar-refractivity contribution in [1.82, 2.24) is 10.6 Å². The molecular formula is C14H17FN2O2. The third-order valence-electron chi connectivity index (χ3n) is 3.95. The van der Waals surface area contributed by atoms with E-state index in [1.54, 1.807) is 13.2 Å². The van der Waals surface area contributed by atoms with E-state index in [2.05, 4.69) is 10.6 Å². The summed E-state index contributed by atoms with van der Waals surface area (Å²) >= 11 is 0. The smallest absolute Gasteiger partial charge is 0.252 e. The number of methoxy groups -OCH3 is 1. The van der Waals surface area contributed by atoms with E-state index in [1.165, 1.54) is 6.07 Å². The van der Waals surface area contributed by atoms with Gasteiger partial charge in [-0.15, -0.1) is 0 Å². The fraction of sp³-hybridized carbons (Fsp3) is 0.500. The molecule has 19 heavy (non-hydrogen) atoms. The molecule has 2 aliphatic rings. The first-order chi connectivity index (χ1) is 9.17. The van der Waals surface area contributed by atoms with E-state index in [0.29, 0.717) is 36.4 Å². The summed E-state index contributed by atoms with van der Waals surface area (Å²) in [4.78, 5) is 11.5. The van der Waals surface area contributed by atoms with Gasteiger partial charge in [0.05, 0.1) is 6.10 Å². The van der Waals surface area contributed by atoms with Crippen molar-refractivity contribution in [2.45, 2.75) is 38.1 Å². The molecule has 1 aliphatic carbocycles. The molecule has 1 aliphatic heterocycles. The lowest BCUT2D eigenvalue weighted by Gasteiger charge is -2.34. The van der Waals surface area contributed by atoms with E-state index >= 15 is 0 Å². The molecule has 4 nitrogen and oxygen atoms in total. The number of rotatable bonds is 4. The second-order valence-electron chi connectivity index (χ2n) is 5.19. The van der Waals surface area contributed by atoms with Gasteiger partial charge in [0.15, 0.2) is 0 Å². The van der Waals surface area contributed by atoms with Crippen LogP contribution in [0.15, 0.2) is 12.1 Å². The lowest BCUT2D eigenvalue weighted by Crippen LogP contribution is -2.44. The lowest BCUT2D eigenvalue weighted by molar-refractivity contribution is 0.0170. The topological polar surface area (TPSA) is 50.4 Å². The van der Waals surface area contributed by atoms with Crippen LogP contribution in [0.1, 0.15) is 34.3 Å². The van der Waals surface area contributed by atoms with Gasteiger partial charge in [-0.25, -0.2) is 4.39 Å². The van der Waals surface area contributed by atoms with Crippen molar-refractivity contribution in [2.75, 3.05) is 7.11 Å². The van der Waals surface area contributed by atoms with Crippen LogP contribution in [0.4, 0.5) is 4.39 Å². The minimum atomic E-state index is -0.295. The van der Waals surface area contributed by atoms with Crippen LogP contribution in [0.25, 0.3) is 0 Å². The average Bonchev–Trinajstić information content (AvgIpc) is 2.70. The molecule has 1 aromatic rings. The van der Waals surface area contributed by atoms with Gasteiger partial charge < -0.3 is 15.4 Å². The fourth-order valence-electron chi connectivity index (χ4n) is 2.63. The Morgan fingerprint density at radius 1 is 1.47 bits per heavy atom. The molecule has 0 saturated heterocycles. The lowest BCUT2D eigenvalue weighted by atomic mass is 9.89. The van der Waals surface area contributed by atoms with Crippen molar-refractivity contribution in [3.63, 3.8) is 0 Å². The van der Waals surface area contributed by atoms with E-state index in [-0.39, 0.29) is 11.7 Å². The number of amides is 1. The number of fused-ring (bicyclic) bond motifs is 1. The van der Waals surface area contributed by atoms with Crippen molar-refractivity contribution in [3.05, 3.63) is 34.6 Å². The molecule has 5 heteroatoms. The van der Waals surface area contributed by atoms with Crippen LogP contribution in [0, 0.1) is 5.82 Å². The number of benzene rings is 1. The largest absolute Gasteiger partial charge is 0.381 e. The summed E-state index contributed by atoms with van der Waals surface area (Å²) in [5.41, 5.74) is 1.77. The minimum Gasteiger partial charge on any atom is -0.381 e. The summed E-state index contributed by atoms with van der Waals surface area (Å²) < 4.78 is 19.0. The summed E-state index contributed by atoms with van der Waals surface area (Å²) in [7, 11) is 1.72. The third-order valence-corrected chi connectivity index (χ3v) is 3.95. The Hall–Kier alpha value is -1.46. The van der Waals surface area contributed by atoms with Crippen LogP contribution in [0.3, 0.4) is 0 Å². The van der Waals surface area contributed by atoms with Gasteiger partial charge in [0.25, 0.3) is 5.91 Å². The Bertz CT molecular complexity index is 512. The molecule has 0 spiro atoms. The molecule has 1 amide bonds. The maximum Gasteiger partial charge on any atom is 0.252 e. The highest BCUT2D eigenvalue weighted by Crippen LogP contribution is 2.24. The standard InChI is InChI=1S/C14H17FN2O2/c1-19-10-4-9(5-10)16-6-8-2-11-12(13(15)3-8)7-17-14(11)18/h2-3,9-10,16H,4-7H2,1H3,(H,17,18)/t9-,10+. The number of carbonyl (C=O) groups is 1. The van der Waals surface area contributed by atoms with Crippen LogP contribution < -0.4 is 10.6 Å². The molecule has 1 saturated carbocycles. The number of nitrogens with one attached hydrogen (secondary N) is 2. The molecule has 0 bridgehead atoms.